The molecule has 0 fully saturated rings. The summed E-state index contributed by atoms with van der Waals surface area (Å²) < 4.78 is 1.82. The molecule has 7 nitrogen and oxygen atoms in total. The first-order chi connectivity index (χ1) is 14.9. The number of benzene rings is 1. The van der Waals surface area contributed by atoms with E-state index in [1.165, 1.54) is 13.1 Å². The maximum Gasteiger partial charge on any atom is 0.276 e. The number of hydrogen-bond donors (Lipinski definition) is 2. The Labute approximate surface area is 188 Å². The quantitative estimate of drug-likeness (QED) is 0.441. The lowest BCUT2D eigenvalue weighted by atomic mass is 10.1. The minimum absolute atomic E-state index is 0.135. The molecule has 2 amide bonds. The molecule has 0 spiro atoms. The molecule has 2 N–H and O–H groups in total. The molecular formula is C22H17Cl2N5O2. The van der Waals surface area contributed by atoms with E-state index in [0.29, 0.717) is 27.5 Å². The summed E-state index contributed by atoms with van der Waals surface area (Å²) in [6.07, 6.45) is 4.98. The molecule has 0 aliphatic rings. The van der Waals surface area contributed by atoms with Crippen molar-refractivity contribution >= 4 is 46.2 Å². The molecule has 0 atom stereocenters. The summed E-state index contributed by atoms with van der Waals surface area (Å²) in [6, 6.07) is 10.4. The van der Waals surface area contributed by atoms with Gasteiger partial charge in [-0.15, -0.1) is 0 Å². The summed E-state index contributed by atoms with van der Waals surface area (Å²) in [7, 11) is 1.51. The van der Waals surface area contributed by atoms with Crippen LogP contribution in [0.25, 0.3) is 16.8 Å². The van der Waals surface area contributed by atoms with Crippen LogP contribution >= 0.6 is 23.2 Å². The van der Waals surface area contributed by atoms with E-state index in [2.05, 4.69) is 20.6 Å². The number of nitrogens with one attached hydrogen (secondary N) is 2. The smallest absolute Gasteiger partial charge is 0.276 e. The van der Waals surface area contributed by atoms with Gasteiger partial charge in [-0.3, -0.25) is 9.59 Å². The van der Waals surface area contributed by atoms with Crippen LogP contribution in [0.15, 0.2) is 55.0 Å². The fourth-order valence-electron chi connectivity index (χ4n) is 3.39. The fraction of sp³-hybridized carbons (Fsp3) is 0.0909. The van der Waals surface area contributed by atoms with Gasteiger partial charge in [0.25, 0.3) is 11.8 Å². The average Bonchev–Trinajstić information content (AvgIpc) is 3.23. The van der Waals surface area contributed by atoms with Gasteiger partial charge in [-0.25, -0.2) is 9.97 Å². The van der Waals surface area contributed by atoms with E-state index in [9.17, 15) is 9.59 Å². The lowest BCUT2D eigenvalue weighted by molar-refractivity contribution is 0.0964. The Balaban J connectivity index is 1.87. The fourth-order valence-corrected chi connectivity index (χ4v) is 3.87. The normalized spacial score (nSPS) is 10.8. The molecule has 156 valence electrons. The largest absolute Gasteiger partial charge is 0.355 e. The zero-order valence-corrected chi connectivity index (χ0v) is 18.1. The summed E-state index contributed by atoms with van der Waals surface area (Å²) in [5.41, 5.74) is 3.22. The van der Waals surface area contributed by atoms with Gasteiger partial charge in [0, 0.05) is 30.0 Å². The van der Waals surface area contributed by atoms with Crippen LogP contribution in [0.1, 0.15) is 26.4 Å². The van der Waals surface area contributed by atoms with Gasteiger partial charge in [-0.2, -0.15) is 0 Å². The molecule has 3 aromatic heterocycles. The highest BCUT2D eigenvalue weighted by Gasteiger charge is 2.23. The Hall–Kier alpha value is -3.42. The van der Waals surface area contributed by atoms with Gasteiger partial charge in [-0.05, 0) is 48.9 Å². The van der Waals surface area contributed by atoms with Crippen LogP contribution < -0.4 is 10.6 Å². The van der Waals surface area contributed by atoms with Crippen LogP contribution in [0.4, 0.5) is 5.69 Å². The molecule has 0 saturated carbocycles. The minimum Gasteiger partial charge on any atom is -0.355 e. The van der Waals surface area contributed by atoms with Crippen molar-refractivity contribution in [2.24, 2.45) is 0 Å². The molecule has 0 unspecified atom stereocenters. The Bertz CT molecular complexity index is 1330. The van der Waals surface area contributed by atoms with Crippen molar-refractivity contribution in [3.8, 4) is 11.3 Å². The molecule has 1 aromatic carbocycles. The number of anilines is 1. The first-order valence-corrected chi connectivity index (χ1v) is 10.1. The lowest BCUT2D eigenvalue weighted by Gasteiger charge is -2.16. The molecule has 3 heterocycles. The topological polar surface area (TPSA) is 88.4 Å². The number of carbonyl (C=O) groups is 2. The summed E-state index contributed by atoms with van der Waals surface area (Å²) >= 11 is 12.5. The first kappa shape index (κ1) is 20.8. The molecule has 0 saturated heterocycles. The zero-order chi connectivity index (χ0) is 22.1. The maximum atomic E-state index is 13.4. The third-order valence-electron chi connectivity index (χ3n) is 4.81. The molecular weight excluding hydrogens is 437 g/mol. The second-order valence-electron chi connectivity index (χ2n) is 6.78. The van der Waals surface area contributed by atoms with Crippen molar-refractivity contribution in [1.82, 2.24) is 19.7 Å². The highest BCUT2D eigenvalue weighted by Crippen LogP contribution is 2.31. The van der Waals surface area contributed by atoms with E-state index in [0.717, 1.165) is 5.52 Å². The third-order valence-corrected chi connectivity index (χ3v) is 5.33. The van der Waals surface area contributed by atoms with E-state index in [-0.39, 0.29) is 22.3 Å². The summed E-state index contributed by atoms with van der Waals surface area (Å²) in [5, 5.41) is 6.02. The Morgan fingerprint density at radius 3 is 2.61 bits per heavy atom. The number of hydrogen-bond acceptors (Lipinski definition) is 4. The molecule has 4 aromatic rings. The van der Waals surface area contributed by atoms with Gasteiger partial charge in [0.1, 0.15) is 5.15 Å². The molecule has 4 rings (SSSR count). The average molecular weight is 454 g/mol. The maximum absolute atomic E-state index is 13.4. The van der Waals surface area contributed by atoms with Gasteiger partial charge in [-0.1, -0.05) is 23.2 Å². The van der Waals surface area contributed by atoms with E-state index in [4.69, 9.17) is 23.2 Å². The van der Waals surface area contributed by atoms with E-state index < -0.39 is 5.91 Å². The highest BCUT2D eigenvalue weighted by molar-refractivity contribution is 6.32. The summed E-state index contributed by atoms with van der Waals surface area (Å²) in [5.74, 6) is -0.869. The van der Waals surface area contributed by atoms with E-state index in [1.807, 2.05) is 22.7 Å². The van der Waals surface area contributed by atoms with Gasteiger partial charge >= 0.3 is 0 Å². The van der Waals surface area contributed by atoms with E-state index >= 15 is 0 Å². The van der Waals surface area contributed by atoms with Gasteiger partial charge in [0.2, 0.25) is 0 Å². The number of fused-ring (bicyclic) bond motifs is 1. The number of amides is 2. The lowest BCUT2D eigenvalue weighted by Crippen LogP contribution is -2.23. The SMILES string of the molecule is CNC(=O)c1cc(Cl)cc(C)c1NC(=O)c1ncc2cccn2c1-c1cccnc1Cl. The standard InChI is InChI=1S/C22H17Cl2N5O2/c1-12-9-13(23)10-16(21(30)25-2)17(12)28-22(31)18-19(15-6-3-7-26-20(15)24)29-8-4-5-14(29)11-27-18/h3-11H,1-2H3,(H,25,30)(H,28,31). The van der Waals surface area contributed by atoms with Crippen molar-refractivity contribution in [2.45, 2.75) is 6.92 Å². The predicted molar refractivity (Wildman–Crippen MR) is 121 cm³/mol. The first-order valence-electron chi connectivity index (χ1n) is 9.31. The van der Waals surface area contributed by atoms with Gasteiger partial charge < -0.3 is 15.0 Å². The summed E-state index contributed by atoms with van der Waals surface area (Å²) in [4.78, 5) is 34.3. The Morgan fingerprint density at radius 2 is 1.87 bits per heavy atom. The second-order valence-corrected chi connectivity index (χ2v) is 7.57. The second kappa shape index (κ2) is 8.37. The number of rotatable bonds is 4. The van der Waals surface area contributed by atoms with Gasteiger partial charge in [0.15, 0.2) is 5.69 Å². The molecule has 31 heavy (non-hydrogen) atoms. The van der Waals surface area contributed by atoms with Crippen LogP contribution in [-0.2, 0) is 0 Å². The Kier molecular flexibility index (Phi) is 5.63. The van der Waals surface area contributed by atoms with Crippen LogP contribution in [0.5, 0.6) is 0 Å². The van der Waals surface area contributed by atoms with Crippen molar-refractivity contribution < 1.29 is 9.59 Å². The number of pyridine rings is 1. The predicted octanol–water partition coefficient (Wildman–Crippen LogP) is 4.62. The minimum atomic E-state index is -0.499. The van der Waals surface area contributed by atoms with Crippen molar-refractivity contribution in [2.75, 3.05) is 12.4 Å². The van der Waals surface area contributed by atoms with Crippen LogP contribution in [0, 0.1) is 6.92 Å². The van der Waals surface area contributed by atoms with Crippen LogP contribution in [-0.4, -0.2) is 33.2 Å². The zero-order valence-electron chi connectivity index (χ0n) is 16.6. The molecule has 9 heteroatoms. The molecule has 0 aliphatic carbocycles. The van der Waals surface area contributed by atoms with Crippen molar-refractivity contribution in [3.63, 3.8) is 0 Å². The molecule has 0 aliphatic heterocycles. The number of nitrogens with zero attached hydrogens (tertiary/aromatic N) is 3. The van der Waals surface area contributed by atoms with Crippen LogP contribution in [0.2, 0.25) is 10.2 Å². The monoisotopic (exact) mass is 453 g/mol. The molecule has 0 radical (unpaired) electrons. The number of carbonyl (C=O) groups excluding carboxylic acids is 2. The summed E-state index contributed by atoms with van der Waals surface area (Å²) in [6.45, 7) is 1.76. The number of halogens is 2. The van der Waals surface area contributed by atoms with Crippen molar-refractivity contribution in [3.05, 3.63) is 82.0 Å². The van der Waals surface area contributed by atoms with E-state index in [1.54, 1.807) is 37.5 Å². The highest BCUT2D eigenvalue weighted by atomic mass is 35.5. The van der Waals surface area contributed by atoms with Gasteiger partial charge in [0.05, 0.1) is 28.7 Å². The number of aryl methyl sites for hydroxylation is 1. The van der Waals surface area contributed by atoms with Crippen LogP contribution in [0.3, 0.4) is 0 Å². The Morgan fingerprint density at radius 1 is 1.06 bits per heavy atom. The van der Waals surface area contributed by atoms with Crippen molar-refractivity contribution in [1.29, 1.82) is 0 Å². The number of aromatic nitrogens is 3. The molecule has 0 bridgehead atoms. The third kappa shape index (κ3) is 3.85.